The molecule has 1 aromatic rings. The number of nitrogens with zero attached hydrogens (tertiary/aromatic N) is 1. The van der Waals surface area contributed by atoms with Gasteiger partial charge in [0.2, 0.25) is 5.91 Å². The van der Waals surface area contributed by atoms with E-state index in [1.54, 1.807) is 12.3 Å². The second-order valence-corrected chi connectivity index (χ2v) is 4.86. The lowest BCUT2D eigenvalue weighted by molar-refractivity contribution is -0.314. The average molecular weight is 261 g/mol. The molecule has 19 heavy (non-hydrogen) atoms. The molecule has 0 saturated heterocycles. The molecule has 2 rings (SSSR count). The van der Waals surface area contributed by atoms with Gasteiger partial charge in [-0.1, -0.05) is 18.9 Å². The van der Waals surface area contributed by atoms with Crippen molar-refractivity contribution >= 4 is 11.9 Å². The number of hydrogen-bond donors (Lipinski definition) is 1. The summed E-state index contributed by atoms with van der Waals surface area (Å²) in [7, 11) is 0. The molecule has 0 unspecified atom stereocenters. The van der Waals surface area contributed by atoms with E-state index in [0.29, 0.717) is 19.4 Å². The molecule has 0 radical (unpaired) electrons. The largest absolute Gasteiger partial charge is 0.550 e. The highest BCUT2D eigenvalue weighted by atomic mass is 16.4. The fraction of sp³-hybridized carbons (Fsp3) is 0.500. The van der Waals surface area contributed by atoms with E-state index in [1.165, 1.54) is 0 Å². The first-order chi connectivity index (χ1) is 9.18. The van der Waals surface area contributed by atoms with Gasteiger partial charge in [0.1, 0.15) is 0 Å². The van der Waals surface area contributed by atoms with E-state index >= 15 is 0 Å². The Morgan fingerprint density at radius 1 is 1.26 bits per heavy atom. The zero-order valence-electron chi connectivity index (χ0n) is 10.7. The lowest BCUT2D eigenvalue weighted by Gasteiger charge is -2.31. The third-order valence-corrected chi connectivity index (χ3v) is 3.58. The second-order valence-electron chi connectivity index (χ2n) is 4.86. The zero-order chi connectivity index (χ0) is 13.7. The maximum Gasteiger partial charge on any atom is 0.224 e. The van der Waals surface area contributed by atoms with Crippen LogP contribution in [0.2, 0.25) is 0 Å². The lowest BCUT2D eigenvalue weighted by Crippen LogP contribution is -2.44. The highest BCUT2D eigenvalue weighted by Gasteiger charge is 2.31. The third kappa shape index (κ3) is 3.53. The minimum absolute atomic E-state index is 0.209. The van der Waals surface area contributed by atoms with Gasteiger partial charge in [-0.05, 0) is 25.0 Å². The van der Waals surface area contributed by atoms with Crippen molar-refractivity contribution in [2.45, 2.75) is 32.2 Å². The monoisotopic (exact) mass is 261 g/mol. The van der Waals surface area contributed by atoms with Crippen LogP contribution in [0.5, 0.6) is 0 Å². The predicted octanol–water partition coefficient (Wildman–Crippen LogP) is 0.254. The Hall–Kier alpha value is -1.91. The van der Waals surface area contributed by atoms with E-state index in [1.807, 2.05) is 12.1 Å². The number of pyridine rings is 1. The fourth-order valence-corrected chi connectivity index (χ4v) is 2.54. The molecule has 102 valence electrons. The van der Waals surface area contributed by atoms with Crippen molar-refractivity contribution in [2.75, 3.05) is 0 Å². The van der Waals surface area contributed by atoms with Gasteiger partial charge in [-0.2, -0.15) is 0 Å². The Balaban J connectivity index is 1.93. The number of carboxylic acid groups (broad SMARTS) is 1. The molecule has 2 atom stereocenters. The Bertz CT molecular complexity index is 447. The van der Waals surface area contributed by atoms with Gasteiger partial charge in [0.15, 0.2) is 0 Å². The average Bonchev–Trinajstić information content (AvgIpc) is 2.46. The minimum atomic E-state index is -1.11. The van der Waals surface area contributed by atoms with Crippen molar-refractivity contribution in [3.05, 3.63) is 30.1 Å². The van der Waals surface area contributed by atoms with Crippen LogP contribution >= 0.6 is 0 Å². The first kappa shape index (κ1) is 13.5. The van der Waals surface area contributed by atoms with E-state index in [-0.39, 0.29) is 5.91 Å². The molecule has 1 aliphatic carbocycles. The van der Waals surface area contributed by atoms with Crippen LogP contribution in [0.3, 0.4) is 0 Å². The standard InChI is InChI=1S/C14H18N2O3/c17-13(16-9-10-5-3-4-8-15-10)11-6-1-2-7-12(11)14(18)19/h3-5,8,11-12H,1-2,6-7,9H2,(H,16,17)(H,18,19)/p-1/t11-,12-/m0/s1. The van der Waals surface area contributed by atoms with Gasteiger partial charge in [-0.15, -0.1) is 0 Å². The van der Waals surface area contributed by atoms with Crippen molar-refractivity contribution < 1.29 is 14.7 Å². The van der Waals surface area contributed by atoms with Gasteiger partial charge in [0.25, 0.3) is 0 Å². The van der Waals surface area contributed by atoms with Gasteiger partial charge >= 0.3 is 0 Å². The molecular formula is C14H17N2O3-. The summed E-state index contributed by atoms with van der Waals surface area (Å²) in [4.78, 5) is 27.2. The van der Waals surface area contributed by atoms with Crippen molar-refractivity contribution in [3.63, 3.8) is 0 Å². The lowest BCUT2D eigenvalue weighted by atomic mass is 9.78. The number of hydrogen-bond acceptors (Lipinski definition) is 4. The second kappa shape index (κ2) is 6.31. The van der Waals surface area contributed by atoms with Crippen molar-refractivity contribution in [1.82, 2.24) is 10.3 Å². The highest BCUT2D eigenvalue weighted by Crippen LogP contribution is 2.29. The Morgan fingerprint density at radius 2 is 2.00 bits per heavy atom. The molecule has 0 aliphatic heterocycles. The number of aliphatic carboxylic acids is 1. The molecule has 0 spiro atoms. The van der Waals surface area contributed by atoms with Crippen LogP contribution in [-0.4, -0.2) is 16.9 Å². The van der Waals surface area contributed by atoms with E-state index in [0.717, 1.165) is 18.5 Å². The molecule has 0 bridgehead atoms. The van der Waals surface area contributed by atoms with Crippen LogP contribution in [-0.2, 0) is 16.1 Å². The summed E-state index contributed by atoms with van der Waals surface area (Å²) in [6, 6.07) is 5.47. The summed E-state index contributed by atoms with van der Waals surface area (Å²) in [5.41, 5.74) is 0.761. The van der Waals surface area contributed by atoms with Gasteiger partial charge < -0.3 is 15.2 Å². The maximum absolute atomic E-state index is 12.1. The minimum Gasteiger partial charge on any atom is -0.550 e. The van der Waals surface area contributed by atoms with Gasteiger partial charge in [-0.25, -0.2) is 0 Å². The molecule has 1 aromatic heterocycles. The molecule has 1 heterocycles. The van der Waals surface area contributed by atoms with E-state index in [4.69, 9.17) is 0 Å². The number of aromatic nitrogens is 1. The summed E-state index contributed by atoms with van der Waals surface area (Å²) in [6.45, 7) is 0.329. The topological polar surface area (TPSA) is 82.1 Å². The van der Waals surface area contributed by atoms with E-state index < -0.39 is 17.8 Å². The van der Waals surface area contributed by atoms with Gasteiger partial charge in [0, 0.05) is 24.0 Å². The summed E-state index contributed by atoms with van der Waals surface area (Å²) < 4.78 is 0. The molecular weight excluding hydrogens is 244 g/mol. The van der Waals surface area contributed by atoms with E-state index in [9.17, 15) is 14.7 Å². The number of carboxylic acids is 1. The first-order valence-electron chi connectivity index (χ1n) is 6.57. The maximum atomic E-state index is 12.1. The highest BCUT2D eigenvalue weighted by molar-refractivity contribution is 5.84. The number of nitrogens with one attached hydrogen (secondary N) is 1. The van der Waals surface area contributed by atoms with Crippen LogP contribution in [0.25, 0.3) is 0 Å². The van der Waals surface area contributed by atoms with Crippen LogP contribution in [0.15, 0.2) is 24.4 Å². The normalized spacial score (nSPS) is 22.7. The molecule has 1 fully saturated rings. The van der Waals surface area contributed by atoms with Crippen LogP contribution in [0.1, 0.15) is 31.4 Å². The van der Waals surface area contributed by atoms with Crippen molar-refractivity contribution in [2.24, 2.45) is 11.8 Å². The number of amides is 1. The number of rotatable bonds is 4. The molecule has 0 aromatic carbocycles. The molecule has 1 saturated carbocycles. The van der Waals surface area contributed by atoms with Crippen LogP contribution < -0.4 is 10.4 Å². The molecule has 1 N–H and O–H groups in total. The van der Waals surface area contributed by atoms with Crippen molar-refractivity contribution in [3.8, 4) is 0 Å². The van der Waals surface area contributed by atoms with Crippen LogP contribution in [0, 0.1) is 11.8 Å². The van der Waals surface area contributed by atoms with Gasteiger partial charge in [0.05, 0.1) is 12.2 Å². The Kier molecular flexibility index (Phi) is 4.49. The smallest absolute Gasteiger partial charge is 0.224 e. The fourth-order valence-electron chi connectivity index (χ4n) is 2.54. The number of carbonyl (C=O) groups excluding carboxylic acids is 2. The number of carbonyl (C=O) groups is 2. The molecule has 1 aliphatic rings. The van der Waals surface area contributed by atoms with E-state index in [2.05, 4.69) is 10.3 Å². The third-order valence-electron chi connectivity index (χ3n) is 3.58. The Morgan fingerprint density at radius 3 is 2.63 bits per heavy atom. The zero-order valence-corrected chi connectivity index (χ0v) is 10.7. The first-order valence-corrected chi connectivity index (χ1v) is 6.57. The molecule has 1 amide bonds. The summed E-state index contributed by atoms with van der Waals surface area (Å²) in [5.74, 6) is -2.45. The summed E-state index contributed by atoms with van der Waals surface area (Å²) >= 11 is 0. The Labute approximate surface area is 112 Å². The quantitative estimate of drug-likeness (QED) is 0.842. The summed E-state index contributed by atoms with van der Waals surface area (Å²) in [6.07, 6.45) is 4.55. The summed E-state index contributed by atoms with van der Waals surface area (Å²) in [5, 5.41) is 13.8. The molecule has 5 heteroatoms. The predicted molar refractivity (Wildman–Crippen MR) is 66.5 cm³/mol. The molecule has 5 nitrogen and oxygen atoms in total. The van der Waals surface area contributed by atoms with Crippen molar-refractivity contribution in [1.29, 1.82) is 0 Å². The van der Waals surface area contributed by atoms with Gasteiger partial charge in [-0.3, -0.25) is 9.78 Å². The van der Waals surface area contributed by atoms with Crippen LogP contribution in [0.4, 0.5) is 0 Å². The SMILES string of the molecule is O=C([O-])[C@H]1CCCC[C@@H]1C(=O)NCc1ccccn1.